The molecular formula is C13H24FN3. The van der Waals surface area contributed by atoms with Crippen LogP contribution in [0, 0.1) is 0 Å². The van der Waals surface area contributed by atoms with Crippen molar-refractivity contribution in [1.82, 2.24) is 9.78 Å². The predicted octanol–water partition coefficient (Wildman–Crippen LogP) is 2.48. The molecule has 4 heteroatoms. The molecule has 1 rings (SSSR count). The molecule has 2 N–H and O–H groups in total. The van der Waals surface area contributed by atoms with Crippen LogP contribution in [0.25, 0.3) is 0 Å². The summed E-state index contributed by atoms with van der Waals surface area (Å²) in [5.41, 5.74) is 6.27. The number of aromatic nitrogens is 2. The Labute approximate surface area is 103 Å². The van der Waals surface area contributed by atoms with Gasteiger partial charge in [0.2, 0.25) is 0 Å². The van der Waals surface area contributed by atoms with E-state index >= 15 is 0 Å². The molecule has 0 saturated heterocycles. The third kappa shape index (κ3) is 3.53. The molecule has 0 spiro atoms. The van der Waals surface area contributed by atoms with E-state index in [4.69, 9.17) is 5.73 Å². The van der Waals surface area contributed by atoms with Gasteiger partial charge in [-0.25, -0.2) is 4.39 Å². The van der Waals surface area contributed by atoms with E-state index in [0.717, 1.165) is 30.8 Å². The zero-order valence-electron chi connectivity index (χ0n) is 11.2. The van der Waals surface area contributed by atoms with Crippen molar-refractivity contribution in [2.75, 3.05) is 6.54 Å². The lowest BCUT2D eigenvalue weighted by molar-refractivity contribution is 0.155. The lowest BCUT2D eigenvalue weighted by Crippen LogP contribution is -2.36. The van der Waals surface area contributed by atoms with Gasteiger partial charge in [0.25, 0.3) is 0 Å². The Morgan fingerprint density at radius 1 is 1.41 bits per heavy atom. The summed E-state index contributed by atoms with van der Waals surface area (Å²) >= 11 is 0. The van der Waals surface area contributed by atoms with Crippen molar-refractivity contribution in [1.29, 1.82) is 0 Å². The quantitative estimate of drug-likeness (QED) is 0.797. The zero-order valence-corrected chi connectivity index (χ0v) is 11.2. The first kappa shape index (κ1) is 14.2. The fraction of sp³-hybridized carbons (Fsp3) is 0.769. The highest BCUT2D eigenvalue weighted by Gasteiger charge is 2.28. The summed E-state index contributed by atoms with van der Waals surface area (Å²) in [6.07, 6.45) is 2.59. The van der Waals surface area contributed by atoms with Crippen molar-refractivity contribution < 1.29 is 4.39 Å². The molecule has 0 saturated carbocycles. The summed E-state index contributed by atoms with van der Waals surface area (Å²) < 4.78 is 16.4. The lowest BCUT2D eigenvalue weighted by atomic mass is 9.94. The number of hydrogen-bond donors (Lipinski definition) is 1. The number of aryl methyl sites for hydroxylation is 2. The van der Waals surface area contributed by atoms with Crippen LogP contribution in [0.1, 0.15) is 45.0 Å². The topological polar surface area (TPSA) is 43.8 Å². The second-order valence-corrected chi connectivity index (χ2v) is 4.58. The molecule has 1 heterocycles. The van der Waals surface area contributed by atoms with E-state index in [1.54, 1.807) is 0 Å². The number of alkyl halides is 1. The van der Waals surface area contributed by atoms with E-state index in [9.17, 15) is 4.39 Å². The maximum absolute atomic E-state index is 14.5. The number of hydrogen-bond acceptors (Lipinski definition) is 2. The molecule has 0 aliphatic heterocycles. The number of nitrogens with two attached hydrogens (primary N) is 1. The van der Waals surface area contributed by atoms with Crippen LogP contribution in [0.15, 0.2) is 6.07 Å². The number of halogens is 1. The van der Waals surface area contributed by atoms with Crippen LogP contribution in [0.3, 0.4) is 0 Å². The van der Waals surface area contributed by atoms with Crippen LogP contribution < -0.4 is 5.73 Å². The van der Waals surface area contributed by atoms with Gasteiger partial charge in [0.15, 0.2) is 0 Å². The highest BCUT2D eigenvalue weighted by atomic mass is 19.1. The summed E-state index contributed by atoms with van der Waals surface area (Å²) in [5.74, 6) is 0. The molecule has 0 aromatic carbocycles. The molecule has 0 amide bonds. The third-order valence-corrected chi connectivity index (χ3v) is 3.14. The Kier molecular flexibility index (Phi) is 5.12. The van der Waals surface area contributed by atoms with Crippen LogP contribution in [0.4, 0.5) is 4.39 Å². The van der Waals surface area contributed by atoms with Gasteiger partial charge in [0, 0.05) is 25.2 Å². The highest BCUT2D eigenvalue weighted by Crippen LogP contribution is 2.23. The van der Waals surface area contributed by atoms with Gasteiger partial charge in [0.1, 0.15) is 5.67 Å². The van der Waals surface area contributed by atoms with Crippen molar-refractivity contribution in [2.45, 2.75) is 58.7 Å². The Hall–Kier alpha value is -0.900. The first-order valence-electron chi connectivity index (χ1n) is 6.53. The van der Waals surface area contributed by atoms with Crippen molar-refractivity contribution in [2.24, 2.45) is 5.73 Å². The maximum Gasteiger partial charge on any atom is 0.128 e. The summed E-state index contributed by atoms with van der Waals surface area (Å²) in [5, 5.41) is 4.43. The van der Waals surface area contributed by atoms with Gasteiger partial charge in [-0.1, -0.05) is 20.3 Å². The molecule has 17 heavy (non-hydrogen) atoms. The van der Waals surface area contributed by atoms with Gasteiger partial charge in [-0.3, -0.25) is 4.68 Å². The SMILES string of the molecule is CCCC(F)(CN)Cc1cc(CC)nn1CC. The standard InChI is InChI=1S/C13H24FN3/c1-4-7-13(14,10-15)9-12-8-11(5-2)16-17(12)6-3/h8H,4-7,9-10,15H2,1-3H3. The molecule has 3 nitrogen and oxygen atoms in total. The predicted molar refractivity (Wildman–Crippen MR) is 68.8 cm³/mol. The summed E-state index contributed by atoms with van der Waals surface area (Å²) in [6, 6.07) is 2.00. The Bertz CT molecular complexity index is 348. The molecule has 1 aromatic rings. The molecular weight excluding hydrogens is 217 g/mol. The molecule has 1 atom stereocenters. The minimum absolute atomic E-state index is 0.0805. The average molecular weight is 241 g/mol. The molecule has 0 aliphatic carbocycles. The van der Waals surface area contributed by atoms with Crippen molar-refractivity contribution in [3.8, 4) is 0 Å². The van der Waals surface area contributed by atoms with Crippen molar-refractivity contribution >= 4 is 0 Å². The van der Waals surface area contributed by atoms with E-state index < -0.39 is 5.67 Å². The molecule has 0 fully saturated rings. The smallest absolute Gasteiger partial charge is 0.128 e. The van der Waals surface area contributed by atoms with E-state index in [0.29, 0.717) is 12.8 Å². The molecule has 1 unspecified atom stereocenters. The van der Waals surface area contributed by atoms with Crippen molar-refractivity contribution in [3.63, 3.8) is 0 Å². The minimum Gasteiger partial charge on any atom is -0.328 e. The number of rotatable bonds is 7. The van der Waals surface area contributed by atoms with Gasteiger partial charge in [-0.2, -0.15) is 5.10 Å². The van der Waals surface area contributed by atoms with E-state index in [1.807, 2.05) is 24.6 Å². The summed E-state index contributed by atoms with van der Waals surface area (Å²) in [7, 11) is 0. The van der Waals surface area contributed by atoms with E-state index in [2.05, 4.69) is 12.0 Å². The molecule has 0 aliphatic rings. The van der Waals surface area contributed by atoms with Crippen LogP contribution in [0.2, 0.25) is 0 Å². The Morgan fingerprint density at radius 3 is 2.59 bits per heavy atom. The fourth-order valence-electron chi connectivity index (χ4n) is 2.14. The third-order valence-electron chi connectivity index (χ3n) is 3.14. The average Bonchev–Trinajstić information content (AvgIpc) is 2.71. The van der Waals surface area contributed by atoms with Gasteiger partial charge in [-0.05, 0) is 25.8 Å². The Morgan fingerprint density at radius 2 is 2.12 bits per heavy atom. The van der Waals surface area contributed by atoms with Crippen LogP contribution in [-0.2, 0) is 19.4 Å². The van der Waals surface area contributed by atoms with Crippen LogP contribution >= 0.6 is 0 Å². The second-order valence-electron chi connectivity index (χ2n) is 4.58. The van der Waals surface area contributed by atoms with Crippen molar-refractivity contribution in [3.05, 3.63) is 17.5 Å². The summed E-state index contributed by atoms with van der Waals surface area (Å²) in [6.45, 7) is 6.93. The van der Waals surface area contributed by atoms with E-state index in [1.165, 1.54) is 0 Å². The first-order valence-corrected chi connectivity index (χ1v) is 6.53. The number of nitrogens with zero attached hydrogens (tertiary/aromatic N) is 2. The Balaban J connectivity index is 2.88. The van der Waals surface area contributed by atoms with Crippen LogP contribution in [-0.4, -0.2) is 22.0 Å². The van der Waals surface area contributed by atoms with Gasteiger partial charge >= 0.3 is 0 Å². The monoisotopic (exact) mass is 241 g/mol. The second kappa shape index (κ2) is 6.15. The van der Waals surface area contributed by atoms with Gasteiger partial charge in [-0.15, -0.1) is 0 Å². The minimum atomic E-state index is -1.29. The van der Waals surface area contributed by atoms with Crippen LogP contribution in [0.5, 0.6) is 0 Å². The largest absolute Gasteiger partial charge is 0.328 e. The van der Waals surface area contributed by atoms with Gasteiger partial charge in [0.05, 0.1) is 5.69 Å². The normalized spacial score (nSPS) is 14.9. The molecule has 0 radical (unpaired) electrons. The molecule has 0 bridgehead atoms. The van der Waals surface area contributed by atoms with E-state index in [-0.39, 0.29) is 6.54 Å². The highest BCUT2D eigenvalue weighted by molar-refractivity contribution is 5.13. The molecule has 1 aromatic heterocycles. The first-order chi connectivity index (χ1) is 8.08. The lowest BCUT2D eigenvalue weighted by Gasteiger charge is -2.23. The fourth-order valence-corrected chi connectivity index (χ4v) is 2.14. The maximum atomic E-state index is 14.5. The summed E-state index contributed by atoms with van der Waals surface area (Å²) in [4.78, 5) is 0. The zero-order chi connectivity index (χ0) is 12.9. The van der Waals surface area contributed by atoms with Gasteiger partial charge < -0.3 is 5.73 Å². The molecule has 98 valence electrons.